The predicted octanol–water partition coefficient (Wildman–Crippen LogP) is 7.39. The van der Waals surface area contributed by atoms with E-state index in [1.807, 2.05) is 37.3 Å². The number of carboxylic acid groups (broad SMARTS) is 1. The maximum absolute atomic E-state index is 12.0. The number of halogens is 1. The zero-order chi connectivity index (χ0) is 26.3. The standard InChI is InChI=1S/C29H31ClN2O3S/c1-7-36(6)32-18(4)25-14-22(31-19(5)33)12-13-23(25)28-17(3)27(20-8-10-21(30)11-9-20)24(15-26(34)35)16(2)29(28)32/h7-14,18H,15H2,1-6H3,(H,31,33)(H,34,35)/t18-,36?/m0/s1. The van der Waals surface area contributed by atoms with Crippen molar-refractivity contribution in [3.8, 4) is 22.3 Å². The van der Waals surface area contributed by atoms with Gasteiger partial charge in [0.25, 0.3) is 0 Å². The number of carbonyl (C=O) groups excluding carboxylic acids is 1. The monoisotopic (exact) mass is 522 g/mol. The van der Waals surface area contributed by atoms with Crippen molar-refractivity contribution in [2.45, 2.75) is 47.1 Å². The zero-order valence-electron chi connectivity index (χ0n) is 21.4. The molecule has 188 valence electrons. The normalized spacial score (nSPS) is 15.3. The first-order chi connectivity index (χ1) is 17.0. The van der Waals surface area contributed by atoms with E-state index in [1.165, 1.54) is 6.92 Å². The van der Waals surface area contributed by atoms with Crippen molar-refractivity contribution in [1.29, 1.82) is 0 Å². The lowest BCUT2D eigenvalue weighted by molar-refractivity contribution is -0.136. The number of hydrogen-bond acceptors (Lipinski definition) is 3. The molecule has 1 aliphatic heterocycles. The Morgan fingerprint density at radius 1 is 1.11 bits per heavy atom. The van der Waals surface area contributed by atoms with Crippen LogP contribution in [0.2, 0.25) is 5.02 Å². The molecule has 5 nitrogen and oxygen atoms in total. The minimum absolute atomic E-state index is 0.0305. The van der Waals surface area contributed by atoms with Crippen molar-refractivity contribution in [3.05, 3.63) is 69.7 Å². The van der Waals surface area contributed by atoms with Gasteiger partial charge in [0.1, 0.15) is 0 Å². The van der Waals surface area contributed by atoms with Crippen molar-refractivity contribution >= 4 is 50.9 Å². The fourth-order valence-electron chi connectivity index (χ4n) is 5.28. The highest BCUT2D eigenvalue weighted by Gasteiger charge is 2.34. The molecule has 3 aromatic rings. The summed E-state index contributed by atoms with van der Waals surface area (Å²) >= 11 is 6.18. The molecule has 4 rings (SSSR count). The minimum Gasteiger partial charge on any atom is -0.481 e. The Bertz CT molecular complexity index is 1410. The fraction of sp³-hybridized carbons (Fsp3) is 0.276. The van der Waals surface area contributed by atoms with E-state index < -0.39 is 5.97 Å². The van der Waals surface area contributed by atoms with Gasteiger partial charge >= 0.3 is 5.97 Å². The lowest BCUT2D eigenvalue weighted by Gasteiger charge is -2.42. The van der Waals surface area contributed by atoms with Gasteiger partial charge in [0, 0.05) is 23.2 Å². The molecule has 0 aliphatic carbocycles. The van der Waals surface area contributed by atoms with Gasteiger partial charge in [0.2, 0.25) is 5.91 Å². The molecule has 0 spiro atoms. The summed E-state index contributed by atoms with van der Waals surface area (Å²) in [5, 5.41) is 15.6. The van der Waals surface area contributed by atoms with Gasteiger partial charge in [-0.05, 0) is 103 Å². The van der Waals surface area contributed by atoms with Crippen LogP contribution in [-0.2, 0) is 16.0 Å². The molecule has 1 amide bonds. The molecule has 0 bridgehead atoms. The average Bonchev–Trinajstić information content (AvgIpc) is 2.82. The molecule has 36 heavy (non-hydrogen) atoms. The van der Waals surface area contributed by atoms with E-state index in [9.17, 15) is 14.7 Å². The number of benzene rings is 3. The highest BCUT2D eigenvalue weighted by atomic mass is 35.5. The van der Waals surface area contributed by atoms with Crippen molar-refractivity contribution in [3.63, 3.8) is 0 Å². The van der Waals surface area contributed by atoms with Crippen LogP contribution in [-0.4, -0.2) is 28.6 Å². The molecule has 2 N–H and O–H groups in total. The molecule has 0 fully saturated rings. The Kier molecular flexibility index (Phi) is 7.30. The molecule has 0 saturated heterocycles. The van der Waals surface area contributed by atoms with Crippen molar-refractivity contribution in [2.24, 2.45) is 0 Å². The fourth-order valence-corrected chi connectivity index (χ4v) is 6.76. The molecular weight excluding hydrogens is 492 g/mol. The summed E-state index contributed by atoms with van der Waals surface area (Å²) < 4.78 is 2.40. The lowest BCUT2D eigenvalue weighted by Crippen LogP contribution is -2.28. The number of carbonyl (C=O) groups is 2. The number of anilines is 2. The van der Waals surface area contributed by atoms with E-state index in [-0.39, 0.29) is 29.0 Å². The maximum Gasteiger partial charge on any atom is 0.307 e. The molecule has 1 unspecified atom stereocenters. The van der Waals surface area contributed by atoms with Crippen LogP contribution in [0.25, 0.3) is 22.3 Å². The Morgan fingerprint density at radius 3 is 2.36 bits per heavy atom. The molecule has 0 aromatic heterocycles. The van der Waals surface area contributed by atoms with Gasteiger partial charge in [0.05, 0.1) is 18.2 Å². The maximum atomic E-state index is 12.0. The summed E-state index contributed by atoms with van der Waals surface area (Å²) in [7, 11) is -0.217. The summed E-state index contributed by atoms with van der Waals surface area (Å²) in [4.78, 5) is 23.8. The van der Waals surface area contributed by atoms with Crippen molar-refractivity contribution < 1.29 is 14.7 Å². The molecule has 7 heteroatoms. The number of nitrogens with zero attached hydrogens (tertiary/aromatic N) is 1. The zero-order valence-corrected chi connectivity index (χ0v) is 23.0. The second-order valence-corrected chi connectivity index (χ2v) is 11.5. The van der Waals surface area contributed by atoms with Crippen LogP contribution in [0.3, 0.4) is 0 Å². The molecular formula is C29H31ClN2O3S. The number of nitrogens with one attached hydrogen (secondary N) is 1. The first-order valence-corrected chi connectivity index (χ1v) is 13.9. The highest BCUT2D eigenvalue weighted by Crippen LogP contribution is 2.54. The summed E-state index contributed by atoms with van der Waals surface area (Å²) in [6, 6.07) is 13.7. The van der Waals surface area contributed by atoms with Gasteiger partial charge in [-0.15, -0.1) is 10.7 Å². The largest absolute Gasteiger partial charge is 0.481 e. The molecule has 0 radical (unpaired) electrons. The third-order valence-electron chi connectivity index (χ3n) is 6.87. The molecule has 1 aliphatic rings. The number of fused-ring (bicyclic) bond motifs is 3. The molecule has 1 heterocycles. The number of carboxylic acids is 1. The van der Waals surface area contributed by atoms with Crippen LogP contribution in [0.4, 0.5) is 11.4 Å². The van der Waals surface area contributed by atoms with E-state index in [0.29, 0.717) is 5.02 Å². The van der Waals surface area contributed by atoms with Crippen LogP contribution >= 0.6 is 22.3 Å². The van der Waals surface area contributed by atoms with E-state index in [1.54, 1.807) is 0 Å². The molecule has 0 saturated carbocycles. The van der Waals surface area contributed by atoms with Crippen molar-refractivity contribution in [2.75, 3.05) is 15.9 Å². The Balaban J connectivity index is 2.13. The molecule has 3 aromatic carbocycles. The Morgan fingerprint density at radius 2 is 1.78 bits per heavy atom. The van der Waals surface area contributed by atoms with Gasteiger partial charge in [-0.2, -0.15) is 0 Å². The SMILES string of the molecule is C/C=S(/C)N1c2c(C)c(CC(=O)O)c(-c3ccc(Cl)cc3)c(C)c2-c2ccc(NC(C)=O)cc2[C@@H]1C. The summed E-state index contributed by atoms with van der Waals surface area (Å²) in [5.41, 5.74) is 9.91. The third-order valence-corrected chi connectivity index (χ3v) is 8.93. The first-order valence-electron chi connectivity index (χ1n) is 11.8. The van der Waals surface area contributed by atoms with E-state index in [0.717, 1.165) is 55.9 Å². The second kappa shape index (κ2) is 10.1. The summed E-state index contributed by atoms with van der Waals surface area (Å²) in [5.74, 6) is -0.968. The lowest BCUT2D eigenvalue weighted by atomic mass is 9.79. The number of amides is 1. The van der Waals surface area contributed by atoms with Gasteiger partial charge in [-0.1, -0.05) is 29.8 Å². The van der Waals surface area contributed by atoms with Crippen LogP contribution in [0, 0.1) is 13.8 Å². The van der Waals surface area contributed by atoms with Crippen molar-refractivity contribution in [1.82, 2.24) is 0 Å². The number of rotatable bonds is 5. The third kappa shape index (κ3) is 4.56. The van der Waals surface area contributed by atoms with E-state index in [4.69, 9.17) is 11.6 Å². The van der Waals surface area contributed by atoms with E-state index >= 15 is 0 Å². The average molecular weight is 523 g/mol. The van der Waals surface area contributed by atoms with Gasteiger partial charge in [-0.3, -0.25) is 9.59 Å². The Labute approximate surface area is 220 Å². The predicted molar refractivity (Wildman–Crippen MR) is 154 cm³/mol. The topological polar surface area (TPSA) is 69.6 Å². The van der Waals surface area contributed by atoms with Crippen LogP contribution in [0.5, 0.6) is 0 Å². The van der Waals surface area contributed by atoms with Crippen LogP contribution in [0.1, 0.15) is 49.1 Å². The number of hydrogen-bond donors (Lipinski definition) is 2. The number of aliphatic carboxylic acids is 1. The Hall–Kier alpha value is -3.09. The quantitative estimate of drug-likeness (QED) is 0.343. The minimum atomic E-state index is -0.860. The molecule has 2 atom stereocenters. The van der Waals surface area contributed by atoms with Gasteiger partial charge in [-0.25, -0.2) is 0 Å². The summed E-state index contributed by atoms with van der Waals surface area (Å²) in [6.45, 7) is 9.86. The van der Waals surface area contributed by atoms with E-state index in [2.05, 4.69) is 54.1 Å². The van der Waals surface area contributed by atoms with Gasteiger partial charge in [0.15, 0.2) is 0 Å². The van der Waals surface area contributed by atoms with Gasteiger partial charge < -0.3 is 14.7 Å². The highest BCUT2D eigenvalue weighted by molar-refractivity contribution is 8.15. The van der Waals surface area contributed by atoms with Crippen LogP contribution in [0.15, 0.2) is 42.5 Å². The smallest absolute Gasteiger partial charge is 0.307 e. The van der Waals surface area contributed by atoms with Crippen LogP contribution < -0.4 is 9.62 Å². The second-order valence-electron chi connectivity index (χ2n) is 9.15. The summed E-state index contributed by atoms with van der Waals surface area (Å²) in [6.07, 6.45) is 2.11. The first kappa shape index (κ1) is 26.0.